The maximum atomic E-state index is 10.7. The Morgan fingerprint density at radius 1 is 1.07 bits per heavy atom. The number of rotatable bonds is 1. The summed E-state index contributed by atoms with van der Waals surface area (Å²) in [6.07, 6.45) is 0. The van der Waals surface area contributed by atoms with E-state index in [9.17, 15) is 4.79 Å². The van der Waals surface area contributed by atoms with E-state index in [2.05, 4.69) is 4.74 Å². The molecule has 3 heteroatoms. The van der Waals surface area contributed by atoms with Crippen molar-refractivity contribution < 1.29 is 26.6 Å². The SMILES string of the molecule is COC(=O)[c-]1cccc1.[Fe].[cH-]1[cH-][cH-][cH-][cH-]1. The molecule has 86 valence electrons. The number of carbonyl (C=O) groups is 1. The van der Waals surface area contributed by atoms with Crippen molar-refractivity contribution >= 4 is 5.97 Å². The fourth-order valence-electron chi connectivity index (χ4n) is 0.949. The number of hydrogen-bond donors (Lipinski definition) is 0. The summed E-state index contributed by atoms with van der Waals surface area (Å²) in [6.45, 7) is 0. The van der Waals surface area contributed by atoms with Crippen LogP contribution in [0.4, 0.5) is 0 Å². The van der Waals surface area contributed by atoms with Gasteiger partial charge in [-0.3, -0.25) is 4.79 Å². The number of esters is 1. The van der Waals surface area contributed by atoms with Crippen LogP contribution in [0.15, 0.2) is 54.6 Å². The molecule has 2 nitrogen and oxygen atoms in total. The molecule has 0 aliphatic heterocycles. The molecule has 0 spiro atoms. The number of ether oxygens (including phenoxy) is 1. The van der Waals surface area contributed by atoms with Gasteiger partial charge in [0.05, 0.1) is 7.11 Å². The van der Waals surface area contributed by atoms with Crippen molar-refractivity contribution in [2.24, 2.45) is 0 Å². The largest absolute Gasteiger partial charge is 0.748 e. The molecule has 0 saturated heterocycles. The summed E-state index contributed by atoms with van der Waals surface area (Å²) in [6, 6.07) is 17.0. The molecule has 0 amide bonds. The van der Waals surface area contributed by atoms with Crippen LogP contribution in [-0.2, 0) is 21.8 Å². The van der Waals surface area contributed by atoms with Gasteiger partial charge in [-0.25, -0.2) is 12.1 Å². The van der Waals surface area contributed by atoms with Crippen molar-refractivity contribution in [3.8, 4) is 0 Å². The number of carbonyl (C=O) groups excluding carboxylic acids is 1. The van der Waals surface area contributed by atoms with E-state index in [1.807, 2.05) is 30.3 Å². The maximum Gasteiger partial charge on any atom is 0.280 e. The average molecular weight is 244 g/mol. The third kappa shape index (κ3) is 5.21. The molecular weight excluding hydrogens is 232 g/mol. The van der Waals surface area contributed by atoms with Crippen LogP contribution in [0.25, 0.3) is 0 Å². The summed E-state index contributed by atoms with van der Waals surface area (Å²) in [4.78, 5) is 10.7. The van der Waals surface area contributed by atoms with Crippen molar-refractivity contribution in [2.45, 2.75) is 0 Å². The Kier molecular flexibility index (Phi) is 7.33. The van der Waals surface area contributed by atoms with Crippen LogP contribution in [0.1, 0.15) is 10.4 Å². The topological polar surface area (TPSA) is 26.3 Å². The summed E-state index contributed by atoms with van der Waals surface area (Å²) in [7, 11) is 1.37. The predicted octanol–water partition coefficient (Wildman–Crippen LogP) is 2.60. The zero-order valence-corrected chi connectivity index (χ0v) is 9.47. The van der Waals surface area contributed by atoms with Gasteiger partial charge in [0.15, 0.2) is 0 Å². The molecule has 0 atom stereocenters. The van der Waals surface area contributed by atoms with Gasteiger partial charge in [-0.05, 0) is 0 Å². The minimum absolute atomic E-state index is 0. The molecule has 2 rings (SSSR count). The first kappa shape index (κ1) is 13.7. The Morgan fingerprint density at radius 3 is 1.80 bits per heavy atom. The molecule has 0 aromatic heterocycles. The summed E-state index contributed by atoms with van der Waals surface area (Å²) >= 11 is 0. The van der Waals surface area contributed by atoms with Gasteiger partial charge >= 0.3 is 0 Å². The smallest absolute Gasteiger partial charge is 0.280 e. The molecule has 0 aliphatic rings. The van der Waals surface area contributed by atoms with E-state index >= 15 is 0 Å². The average Bonchev–Trinajstić information content (AvgIpc) is 2.91. The summed E-state index contributed by atoms with van der Waals surface area (Å²) in [5, 5.41) is 0. The maximum absolute atomic E-state index is 10.7. The van der Waals surface area contributed by atoms with Crippen LogP contribution in [-0.4, -0.2) is 13.1 Å². The van der Waals surface area contributed by atoms with E-state index in [0.717, 1.165) is 0 Å². The van der Waals surface area contributed by atoms with Gasteiger partial charge < -0.3 is 35.1 Å². The van der Waals surface area contributed by atoms with Gasteiger partial charge in [0.25, 0.3) is 5.97 Å². The molecule has 0 radical (unpaired) electrons. The van der Waals surface area contributed by atoms with Crippen LogP contribution in [0.5, 0.6) is 0 Å². The Hall–Kier alpha value is -1.31. The van der Waals surface area contributed by atoms with Gasteiger partial charge in [0.1, 0.15) is 0 Å². The van der Waals surface area contributed by atoms with E-state index in [0.29, 0.717) is 5.56 Å². The van der Waals surface area contributed by atoms with Gasteiger partial charge in [0, 0.05) is 17.1 Å². The van der Waals surface area contributed by atoms with E-state index in [1.165, 1.54) is 7.11 Å². The Balaban J connectivity index is 0.000000280. The van der Waals surface area contributed by atoms with E-state index in [1.54, 1.807) is 24.3 Å². The predicted molar refractivity (Wildman–Crippen MR) is 55.4 cm³/mol. The van der Waals surface area contributed by atoms with Crippen LogP contribution >= 0.6 is 0 Å². The number of hydrogen-bond acceptors (Lipinski definition) is 2. The van der Waals surface area contributed by atoms with E-state index in [4.69, 9.17) is 0 Å². The second-order valence-electron chi connectivity index (χ2n) is 2.63. The Labute approximate surface area is 100 Å². The third-order valence-corrected chi connectivity index (χ3v) is 1.64. The van der Waals surface area contributed by atoms with E-state index < -0.39 is 0 Å². The van der Waals surface area contributed by atoms with Crippen molar-refractivity contribution in [1.82, 2.24) is 0 Å². The molecule has 0 aliphatic carbocycles. The molecule has 2 aromatic rings. The standard InChI is InChI=1S/C7H7O2.C5H5.Fe/c1-9-7(8)6-4-2-3-5-6;1-2-4-5-3-1;/h2-5H,1H3;1-5H;/q-1;-5;. The first-order valence-electron chi connectivity index (χ1n) is 4.31. The molecule has 0 bridgehead atoms. The monoisotopic (exact) mass is 244 g/mol. The number of methoxy groups -OCH3 is 1. The zero-order valence-electron chi connectivity index (χ0n) is 8.37. The third-order valence-electron chi connectivity index (χ3n) is 1.64. The van der Waals surface area contributed by atoms with Crippen LogP contribution in [0.2, 0.25) is 0 Å². The zero-order chi connectivity index (χ0) is 10.2. The molecule has 0 heterocycles. The first-order chi connectivity index (χ1) is 6.84. The fourth-order valence-corrected chi connectivity index (χ4v) is 0.949. The normalized spacial score (nSPS) is 8.07. The van der Waals surface area contributed by atoms with Crippen molar-refractivity contribution in [1.29, 1.82) is 0 Å². The van der Waals surface area contributed by atoms with Crippen molar-refractivity contribution in [3.63, 3.8) is 0 Å². The Bertz CT molecular complexity index is 318. The van der Waals surface area contributed by atoms with Gasteiger partial charge in [-0.1, -0.05) is 5.56 Å². The van der Waals surface area contributed by atoms with Crippen LogP contribution in [0.3, 0.4) is 0 Å². The van der Waals surface area contributed by atoms with Gasteiger partial charge in [-0.2, -0.15) is 12.1 Å². The van der Waals surface area contributed by atoms with Crippen LogP contribution in [0, 0.1) is 0 Å². The van der Waals surface area contributed by atoms with Crippen molar-refractivity contribution in [2.75, 3.05) is 7.11 Å². The summed E-state index contributed by atoms with van der Waals surface area (Å²) < 4.78 is 4.46. The van der Waals surface area contributed by atoms with E-state index in [-0.39, 0.29) is 23.0 Å². The molecular formula is C12H12FeO2-6. The molecule has 2 aromatic carbocycles. The first-order valence-corrected chi connectivity index (χ1v) is 4.31. The van der Waals surface area contributed by atoms with Crippen molar-refractivity contribution in [3.05, 3.63) is 60.2 Å². The summed E-state index contributed by atoms with van der Waals surface area (Å²) in [5.41, 5.74) is 0.609. The van der Waals surface area contributed by atoms with Gasteiger partial charge in [-0.15, -0.1) is 0 Å². The summed E-state index contributed by atoms with van der Waals surface area (Å²) in [5.74, 6) is -0.278. The molecule has 0 fully saturated rings. The molecule has 15 heavy (non-hydrogen) atoms. The molecule has 0 saturated carbocycles. The minimum atomic E-state index is -0.278. The second-order valence-corrected chi connectivity index (χ2v) is 2.63. The van der Waals surface area contributed by atoms with Crippen LogP contribution < -0.4 is 0 Å². The fraction of sp³-hybridized carbons (Fsp3) is 0.0833. The molecule has 0 unspecified atom stereocenters. The minimum Gasteiger partial charge on any atom is -0.748 e. The molecule has 0 N–H and O–H groups in total. The van der Waals surface area contributed by atoms with Gasteiger partial charge in [0.2, 0.25) is 0 Å². The Morgan fingerprint density at radius 2 is 1.47 bits per heavy atom. The second kappa shape index (κ2) is 8.04. The quantitative estimate of drug-likeness (QED) is 0.438.